The Bertz CT molecular complexity index is 447. The van der Waals surface area contributed by atoms with Crippen molar-refractivity contribution >= 4 is 17.8 Å². The van der Waals surface area contributed by atoms with E-state index in [0.717, 1.165) is 29.0 Å². The summed E-state index contributed by atoms with van der Waals surface area (Å²) < 4.78 is 15.9. The quantitative estimate of drug-likeness (QED) is 0.590. The Morgan fingerprint density at radius 3 is 2.45 bits per heavy atom. The number of hydrogen-bond donors (Lipinski definition) is 1. The number of hydrogen-bond acceptors (Lipinski definition) is 5. The van der Waals surface area contributed by atoms with E-state index in [4.69, 9.17) is 19.9 Å². The van der Waals surface area contributed by atoms with E-state index in [9.17, 15) is 0 Å². The van der Waals surface area contributed by atoms with Gasteiger partial charge in [-0.2, -0.15) is 0 Å². The van der Waals surface area contributed by atoms with Crippen LogP contribution in [0.1, 0.15) is 18.1 Å². The normalized spacial score (nSPS) is 12.7. The predicted molar refractivity (Wildman–Crippen MR) is 85.4 cm³/mol. The zero-order chi connectivity index (χ0) is 15.0. The van der Waals surface area contributed by atoms with Crippen LogP contribution in [0.2, 0.25) is 0 Å². The summed E-state index contributed by atoms with van der Waals surface area (Å²) in [5, 5.41) is 1.98. The van der Waals surface area contributed by atoms with Gasteiger partial charge in [-0.25, -0.2) is 0 Å². The molecule has 0 bridgehead atoms. The first-order chi connectivity index (χ1) is 9.62. The zero-order valence-corrected chi connectivity index (χ0v) is 13.3. The molecular formula is C15H23NO3S. The second-order valence-electron chi connectivity index (χ2n) is 4.46. The largest absolute Gasteiger partial charge is 0.496 e. The maximum absolute atomic E-state index is 5.86. The molecule has 5 heteroatoms. The molecule has 0 saturated carbocycles. The maximum atomic E-state index is 5.86. The minimum absolute atomic E-state index is 0.0762. The van der Waals surface area contributed by atoms with Gasteiger partial charge in [-0.1, -0.05) is 0 Å². The molecule has 0 aliphatic heterocycles. The molecule has 20 heavy (non-hydrogen) atoms. The molecule has 0 aliphatic carbocycles. The van der Waals surface area contributed by atoms with Crippen LogP contribution in [0, 0.1) is 0 Å². The van der Waals surface area contributed by atoms with E-state index in [1.54, 1.807) is 33.1 Å². The molecule has 1 atom stereocenters. The number of nitrogens with two attached hydrogens (primary N) is 1. The Morgan fingerprint density at radius 2 is 1.90 bits per heavy atom. The average molecular weight is 297 g/mol. The van der Waals surface area contributed by atoms with E-state index in [1.807, 2.05) is 30.5 Å². The molecule has 0 spiro atoms. The Morgan fingerprint density at radius 1 is 1.20 bits per heavy atom. The molecule has 0 amide bonds. The van der Waals surface area contributed by atoms with Gasteiger partial charge in [-0.3, -0.25) is 0 Å². The standard InChI is InChI=1S/C15H23NO3S/c1-11(16)7-13-9-14(18-3)12(8-15(13)19-4)5-6-20-10-17-2/h5-6,8-9,11H,7,10,16H2,1-4H3/t11-/m1/s1. The van der Waals surface area contributed by atoms with Gasteiger partial charge in [0.15, 0.2) is 0 Å². The van der Waals surface area contributed by atoms with E-state index < -0.39 is 0 Å². The lowest BCUT2D eigenvalue weighted by Crippen LogP contribution is -2.18. The van der Waals surface area contributed by atoms with Crippen molar-refractivity contribution in [1.82, 2.24) is 0 Å². The first-order valence-electron chi connectivity index (χ1n) is 6.40. The van der Waals surface area contributed by atoms with Crippen molar-refractivity contribution in [1.29, 1.82) is 0 Å². The summed E-state index contributed by atoms with van der Waals surface area (Å²) in [6, 6.07) is 4.04. The van der Waals surface area contributed by atoms with Gasteiger partial charge in [0.25, 0.3) is 0 Å². The first kappa shape index (κ1) is 16.9. The molecular weight excluding hydrogens is 274 g/mol. The monoisotopic (exact) mass is 297 g/mol. The molecule has 1 rings (SSSR count). The summed E-state index contributed by atoms with van der Waals surface area (Å²) in [5.74, 6) is 2.27. The van der Waals surface area contributed by atoms with Gasteiger partial charge in [0.2, 0.25) is 0 Å². The minimum atomic E-state index is 0.0762. The molecule has 2 N–H and O–H groups in total. The molecule has 0 radical (unpaired) electrons. The highest BCUT2D eigenvalue weighted by Gasteiger charge is 2.11. The van der Waals surface area contributed by atoms with E-state index in [-0.39, 0.29) is 6.04 Å². The first-order valence-corrected chi connectivity index (χ1v) is 7.44. The lowest BCUT2D eigenvalue weighted by molar-refractivity contribution is 0.259. The third-order valence-corrected chi connectivity index (χ3v) is 3.40. The maximum Gasteiger partial charge on any atom is 0.126 e. The van der Waals surface area contributed by atoms with Gasteiger partial charge in [-0.05, 0) is 42.5 Å². The Labute approximate surface area is 125 Å². The summed E-state index contributed by atoms with van der Waals surface area (Å²) in [5.41, 5.74) is 7.89. The van der Waals surface area contributed by atoms with Crippen LogP contribution >= 0.6 is 11.8 Å². The van der Waals surface area contributed by atoms with Crippen molar-refractivity contribution in [3.8, 4) is 11.5 Å². The number of ether oxygens (including phenoxy) is 3. The summed E-state index contributed by atoms with van der Waals surface area (Å²) >= 11 is 1.58. The third kappa shape index (κ3) is 5.07. The highest BCUT2D eigenvalue weighted by Crippen LogP contribution is 2.31. The zero-order valence-electron chi connectivity index (χ0n) is 12.5. The molecule has 1 aromatic carbocycles. The number of thioether (sulfide) groups is 1. The molecule has 0 heterocycles. The summed E-state index contributed by atoms with van der Waals surface area (Å²) in [6.07, 6.45) is 2.74. The summed E-state index contributed by atoms with van der Waals surface area (Å²) in [4.78, 5) is 0. The molecule has 112 valence electrons. The average Bonchev–Trinajstić information content (AvgIpc) is 2.43. The van der Waals surface area contributed by atoms with Crippen molar-refractivity contribution in [2.75, 3.05) is 27.3 Å². The highest BCUT2D eigenvalue weighted by atomic mass is 32.2. The lowest BCUT2D eigenvalue weighted by Gasteiger charge is -2.14. The van der Waals surface area contributed by atoms with Crippen LogP contribution in [-0.4, -0.2) is 33.3 Å². The SMILES string of the molecule is COCSC=Cc1cc(OC)c(C[C@@H](C)N)cc1OC. The van der Waals surface area contributed by atoms with Crippen LogP contribution < -0.4 is 15.2 Å². The van der Waals surface area contributed by atoms with Gasteiger partial charge < -0.3 is 19.9 Å². The molecule has 0 aromatic heterocycles. The van der Waals surface area contributed by atoms with Gasteiger partial charge in [0.05, 0.1) is 20.2 Å². The summed E-state index contributed by atoms with van der Waals surface area (Å²) in [6.45, 7) is 1.97. The van der Waals surface area contributed by atoms with Crippen LogP contribution in [0.4, 0.5) is 0 Å². The summed E-state index contributed by atoms with van der Waals surface area (Å²) in [7, 11) is 5.00. The van der Waals surface area contributed by atoms with E-state index in [0.29, 0.717) is 5.94 Å². The van der Waals surface area contributed by atoms with Crippen LogP contribution in [0.5, 0.6) is 11.5 Å². The van der Waals surface area contributed by atoms with E-state index >= 15 is 0 Å². The number of rotatable bonds is 8. The van der Waals surface area contributed by atoms with Gasteiger partial charge in [0.1, 0.15) is 11.5 Å². The van der Waals surface area contributed by atoms with E-state index in [2.05, 4.69) is 0 Å². The van der Waals surface area contributed by atoms with Crippen LogP contribution in [0.3, 0.4) is 0 Å². The molecule has 0 fully saturated rings. The van der Waals surface area contributed by atoms with Crippen molar-refractivity contribution in [2.45, 2.75) is 19.4 Å². The Kier molecular flexibility index (Phi) is 7.51. The van der Waals surface area contributed by atoms with Gasteiger partial charge in [-0.15, -0.1) is 11.8 Å². The lowest BCUT2D eigenvalue weighted by atomic mass is 10.0. The highest BCUT2D eigenvalue weighted by molar-refractivity contribution is 8.02. The topological polar surface area (TPSA) is 53.7 Å². The molecule has 0 unspecified atom stereocenters. The fourth-order valence-corrected chi connectivity index (χ4v) is 2.31. The fourth-order valence-electron chi connectivity index (χ4n) is 1.85. The van der Waals surface area contributed by atoms with Crippen molar-refractivity contribution < 1.29 is 14.2 Å². The number of methoxy groups -OCH3 is 3. The van der Waals surface area contributed by atoms with Crippen molar-refractivity contribution in [2.24, 2.45) is 5.73 Å². The second-order valence-corrected chi connectivity index (χ2v) is 5.30. The number of benzene rings is 1. The molecule has 4 nitrogen and oxygen atoms in total. The molecule has 1 aromatic rings. The second kappa shape index (κ2) is 8.89. The van der Waals surface area contributed by atoms with E-state index in [1.165, 1.54) is 0 Å². The van der Waals surface area contributed by atoms with Gasteiger partial charge >= 0.3 is 0 Å². The molecule has 0 saturated heterocycles. The van der Waals surface area contributed by atoms with Crippen molar-refractivity contribution in [3.05, 3.63) is 28.7 Å². The Hall–Kier alpha value is -1.17. The minimum Gasteiger partial charge on any atom is -0.496 e. The predicted octanol–water partition coefficient (Wildman–Crippen LogP) is 2.90. The van der Waals surface area contributed by atoms with Crippen LogP contribution in [0.25, 0.3) is 6.08 Å². The van der Waals surface area contributed by atoms with Crippen LogP contribution in [0.15, 0.2) is 17.5 Å². The third-order valence-electron chi connectivity index (χ3n) is 2.70. The fraction of sp³-hybridized carbons (Fsp3) is 0.467. The smallest absolute Gasteiger partial charge is 0.126 e. The van der Waals surface area contributed by atoms with Crippen molar-refractivity contribution in [3.63, 3.8) is 0 Å². The van der Waals surface area contributed by atoms with Crippen LogP contribution in [-0.2, 0) is 11.2 Å². The molecule has 0 aliphatic rings. The van der Waals surface area contributed by atoms with Gasteiger partial charge in [0, 0.05) is 18.7 Å². The Balaban J connectivity index is 3.02.